The Balaban J connectivity index is 2.64. The second kappa shape index (κ2) is 6.30. The average Bonchev–Trinajstić information content (AvgIpc) is 2.49. The molecule has 23 heavy (non-hydrogen) atoms. The van der Waals surface area contributed by atoms with Crippen molar-refractivity contribution in [3.05, 3.63) is 63.9 Å². The maximum Gasteiger partial charge on any atom is 0.335 e. The molecule has 1 atom stereocenters. The fourth-order valence-electron chi connectivity index (χ4n) is 2.54. The van der Waals surface area contributed by atoms with Gasteiger partial charge in [-0.3, -0.25) is 10.1 Å². The monoisotopic (exact) mass is 317 g/mol. The van der Waals surface area contributed by atoms with Gasteiger partial charge in [0, 0.05) is 24.4 Å². The number of carboxylic acid groups (broad SMARTS) is 1. The summed E-state index contributed by atoms with van der Waals surface area (Å²) in [4.78, 5) is 35.5. The molecule has 0 saturated heterocycles. The summed E-state index contributed by atoms with van der Waals surface area (Å²) in [5, 5.41) is 22.9. The van der Waals surface area contributed by atoms with Crippen LogP contribution in [-0.4, -0.2) is 33.5 Å². The number of aliphatic carboxylic acids is 1. The number of rotatable bonds is 5. The molecule has 0 saturated carbocycles. The third-order valence-electron chi connectivity index (χ3n) is 3.50. The minimum Gasteiger partial charge on any atom is -0.478 e. The van der Waals surface area contributed by atoms with E-state index in [1.54, 1.807) is 6.07 Å². The van der Waals surface area contributed by atoms with Crippen LogP contribution in [0, 0.1) is 10.1 Å². The molecule has 0 spiro atoms. The van der Waals surface area contributed by atoms with Crippen LogP contribution in [0.2, 0.25) is 0 Å². The molecule has 1 aromatic rings. The number of carbonyl (C=O) groups excluding carboxylic acids is 1. The van der Waals surface area contributed by atoms with Gasteiger partial charge >= 0.3 is 12.0 Å². The van der Waals surface area contributed by atoms with Crippen LogP contribution in [0.4, 0.5) is 10.5 Å². The molecule has 2 N–H and O–H groups in total. The van der Waals surface area contributed by atoms with Crippen molar-refractivity contribution < 1.29 is 19.6 Å². The number of nitro groups is 1. The lowest BCUT2D eigenvalue weighted by Gasteiger charge is -2.36. The van der Waals surface area contributed by atoms with Crippen molar-refractivity contribution in [3.8, 4) is 0 Å². The zero-order valence-corrected chi connectivity index (χ0v) is 12.4. The highest BCUT2D eigenvalue weighted by atomic mass is 16.6. The number of benzene rings is 1. The molecule has 1 aliphatic rings. The van der Waals surface area contributed by atoms with Crippen molar-refractivity contribution in [2.24, 2.45) is 0 Å². The van der Waals surface area contributed by atoms with Crippen LogP contribution in [0.15, 0.2) is 48.2 Å². The predicted molar refractivity (Wildman–Crippen MR) is 81.6 cm³/mol. The SMILES string of the molecule is C=CCN1C(=O)NC(C)=C(C(=O)O)C1c1cccc([N+](=O)[O-])c1. The molecule has 1 aromatic carbocycles. The van der Waals surface area contributed by atoms with Crippen LogP contribution >= 0.6 is 0 Å². The van der Waals surface area contributed by atoms with Gasteiger partial charge in [0.1, 0.15) is 0 Å². The molecule has 2 amide bonds. The number of carboxylic acids is 1. The second-order valence-corrected chi connectivity index (χ2v) is 4.97. The van der Waals surface area contributed by atoms with Gasteiger partial charge in [-0.1, -0.05) is 18.2 Å². The molecular weight excluding hydrogens is 302 g/mol. The van der Waals surface area contributed by atoms with E-state index in [1.165, 1.54) is 36.1 Å². The first-order chi connectivity index (χ1) is 10.9. The van der Waals surface area contributed by atoms with Crippen LogP contribution in [0.5, 0.6) is 0 Å². The van der Waals surface area contributed by atoms with E-state index in [0.29, 0.717) is 5.56 Å². The molecule has 2 rings (SSSR count). The van der Waals surface area contributed by atoms with E-state index in [0.717, 1.165) is 0 Å². The van der Waals surface area contributed by atoms with Gasteiger partial charge < -0.3 is 15.3 Å². The lowest BCUT2D eigenvalue weighted by Crippen LogP contribution is -2.48. The topological polar surface area (TPSA) is 113 Å². The molecule has 0 bridgehead atoms. The van der Waals surface area contributed by atoms with Gasteiger partial charge in [0.25, 0.3) is 5.69 Å². The van der Waals surface area contributed by atoms with Crippen LogP contribution in [-0.2, 0) is 4.79 Å². The fourth-order valence-corrected chi connectivity index (χ4v) is 2.54. The minimum atomic E-state index is -1.20. The second-order valence-electron chi connectivity index (χ2n) is 4.97. The highest BCUT2D eigenvalue weighted by Crippen LogP contribution is 2.34. The number of hydrogen-bond donors (Lipinski definition) is 2. The molecule has 120 valence electrons. The number of nitro benzene ring substituents is 1. The minimum absolute atomic E-state index is 0.0352. The first-order valence-corrected chi connectivity index (χ1v) is 6.73. The third kappa shape index (κ3) is 3.05. The number of allylic oxidation sites excluding steroid dienone is 1. The van der Waals surface area contributed by atoms with Gasteiger partial charge in [0.15, 0.2) is 0 Å². The number of urea groups is 1. The van der Waals surface area contributed by atoms with Crippen molar-refractivity contribution in [2.45, 2.75) is 13.0 Å². The quantitative estimate of drug-likeness (QED) is 0.491. The predicted octanol–water partition coefficient (Wildman–Crippen LogP) is 2.21. The number of amides is 2. The van der Waals surface area contributed by atoms with Gasteiger partial charge in [-0.25, -0.2) is 9.59 Å². The van der Waals surface area contributed by atoms with Crippen LogP contribution in [0.3, 0.4) is 0 Å². The van der Waals surface area contributed by atoms with Crippen LogP contribution in [0.1, 0.15) is 18.5 Å². The van der Waals surface area contributed by atoms with E-state index in [1.807, 2.05) is 0 Å². The smallest absolute Gasteiger partial charge is 0.335 e. The normalized spacial score (nSPS) is 17.7. The summed E-state index contributed by atoms with van der Waals surface area (Å²) >= 11 is 0. The number of hydrogen-bond acceptors (Lipinski definition) is 4. The Bertz CT molecular complexity index is 726. The molecule has 1 aliphatic heterocycles. The Kier molecular flexibility index (Phi) is 4.44. The first kappa shape index (κ1) is 16.2. The summed E-state index contributed by atoms with van der Waals surface area (Å²) in [6.07, 6.45) is 1.46. The highest BCUT2D eigenvalue weighted by Gasteiger charge is 2.37. The Morgan fingerprint density at radius 3 is 2.83 bits per heavy atom. The van der Waals surface area contributed by atoms with Gasteiger partial charge in [0.2, 0.25) is 0 Å². The Hall–Kier alpha value is -3.16. The van der Waals surface area contributed by atoms with E-state index in [2.05, 4.69) is 11.9 Å². The van der Waals surface area contributed by atoms with E-state index in [4.69, 9.17) is 0 Å². The van der Waals surface area contributed by atoms with Gasteiger partial charge in [-0.05, 0) is 12.5 Å². The lowest BCUT2D eigenvalue weighted by atomic mass is 9.93. The number of nitrogens with zero attached hydrogens (tertiary/aromatic N) is 2. The molecule has 1 unspecified atom stereocenters. The van der Waals surface area contributed by atoms with Gasteiger partial charge in [0.05, 0.1) is 16.5 Å². The molecule has 0 radical (unpaired) electrons. The Morgan fingerprint density at radius 1 is 1.57 bits per heavy atom. The first-order valence-electron chi connectivity index (χ1n) is 6.73. The molecule has 0 fully saturated rings. The Morgan fingerprint density at radius 2 is 2.26 bits per heavy atom. The van der Waals surface area contributed by atoms with Crippen molar-refractivity contribution in [1.82, 2.24) is 10.2 Å². The zero-order valence-electron chi connectivity index (χ0n) is 12.4. The summed E-state index contributed by atoms with van der Waals surface area (Å²) in [7, 11) is 0. The summed E-state index contributed by atoms with van der Waals surface area (Å²) in [6.45, 7) is 5.14. The maximum atomic E-state index is 12.2. The molecule has 1 heterocycles. The summed E-state index contributed by atoms with van der Waals surface area (Å²) < 4.78 is 0. The summed E-state index contributed by atoms with van der Waals surface area (Å²) in [5.74, 6) is -1.20. The van der Waals surface area contributed by atoms with Crippen molar-refractivity contribution in [2.75, 3.05) is 6.54 Å². The number of carbonyl (C=O) groups is 2. The van der Waals surface area contributed by atoms with E-state index < -0.39 is 23.0 Å². The number of nitrogens with one attached hydrogen (secondary N) is 1. The summed E-state index contributed by atoms with van der Waals surface area (Å²) in [5.41, 5.74) is 0.355. The molecule has 0 aliphatic carbocycles. The highest BCUT2D eigenvalue weighted by molar-refractivity contribution is 5.93. The van der Waals surface area contributed by atoms with Gasteiger partial charge in [-0.15, -0.1) is 6.58 Å². The molecule has 8 nitrogen and oxygen atoms in total. The molecule has 8 heteroatoms. The largest absolute Gasteiger partial charge is 0.478 e. The molecular formula is C15H15N3O5. The van der Waals surface area contributed by atoms with E-state index >= 15 is 0 Å². The zero-order chi connectivity index (χ0) is 17.1. The maximum absolute atomic E-state index is 12.2. The number of non-ortho nitro benzene ring substituents is 1. The van der Waals surface area contributed by atoms with Crippen molar-refractivity contribution in [3.63, 3.8) is 0 Å². The van der Waals surface area contributed by atoms with Crippen molar-refractivity contribution >= 4 is 17.7 Å². The average molecular weight is 317 g/mol. The van der Waals surface area contributed by atoms with E-state index in [-0.39, 0.29) is 23.5 Å². The molecule has 0 aromatic heterocycles. The fraction of sp³-hybridized carbons (Fsp3) is 0.200. The van der Waals surface area contributed by atoms with Crippen molar-refractivity contribution in [1.29, 1.82) is 0 Å². The van der Waals surface area contributed by atoms with Crippen LogP contribution in [0.25, 0.3) is 0 Å². The summed E-state index contributed by atoms with van der Waals surface area (Å²) in [6, 6.07) is 4.18. The lowest BCUT2D eigenvalue weighted by molar-refractivity contribution is -0.384. The Labute approximate surface area is 131 Å². The standard InChI is InChI=1S/C15H15N3O5/c1-3-7-17-13(10-5-4-6-11(8-10)18(22)23)12(14(19)20)9(2)16-15(17)21/h3-6,8,13H,1,7H2,2H3,(H,16,21)(H,19,20). The van der Waals surface area contributed by atoms with Crippen LogP contribution < -0.4 is 5.32 Å². The van der Waals surface area contributed by atoms with E-state index in [9.17, 15) is 24.8 Å². The third-order valence-corrected chi connectivity index (χ3v) is 3.50. The van der Waals surface area contributed by atoms with Gasteiger partial charge in [-0.2, -0.15) is 0 Å².